The van der Waals surface area contributed by atoms with Crippen LogP contribution in [0.5, 0.6) is 0 Å². The number of nitrogens with one attached hydrogen (secondary N) is 3. The van der Waals surface area contributed by atoms with Crippen molar-refractivity contribution in [1.29, 1.82) is 0 Å². The number of carbonyl (C=O) groups is 1. The number of rotatable bonds is 8. The zero-order valence-electron chi connectivity index (χ0n) is 17.0. The molecule has 10 nitrogen and oxygen atoms in total. The number of benzene rings is 1. The second kappa shape index (κ2) is 8.52. The Bertz CT molecular complexity index is 1420. The number of aromatic amines is 1. The van der Waals surface area contributed by atoms with E-state index in [1.165, 1.54) is 22.9 Å². The van der Waals surface area contributed by atoms with Gasteiger partial charge in [-0.25, -0.2) is 22.9 Å². The van der Waals surface area contributed by atoms with Crippen molar-refractivity contribution in [3.63, 3.8) is 0 Å². The first kappa shape index (κ1) is 21.7. The second-order valence-corrected chi connectivity index (χ2v) is 9.31. The van der Waals surface area contributed by atoms with Gasteiger partial charge in [0, 0.05) is 24.5 Å². The van der Waals surface area contributed by atoms with Crippen LogP contribution in [-0.2, 0) is 15.8 Å². The van der Waals surface area contributed by atoms with Crippen LogP contribution in [-0.4, -0.2) is 35.4 Å². The Morgan fingerprint density at radius 3 is 2.62 bits per heavy atom. The molecule has 0 bridgehead atoms. The molecular formula is C21H21N5O5S. The van der Waals surface area contributed by atoms with Crippen LogP contribution >= 0.6 is 0 Å². The number of carbonyl (C=O) groups excluding carboxylic acids is 1. The van der Waals surface area contributed by atoms with Crippen molar-refractivity contribution in [3.8, 4) is 0 Å². The Labute approximate surface area is 183 Å². The van der Waals surface area contributed by atoms with Gasteiger partial charge in [-0.05, 0) is 36.6 Å². The van der Waals surface area contributed by atoms with Crippen LogP contribution in [0.2, 0.25) is 0 Å². The molecule has 0 aliphatic heterocycles. The summed E-state index contributed by atoms with van der Waals surface area (Å²) in [6.07, 6.45) is 4.46. The molecule has 1 saturated carbocycles. The first-order valence-electron chi connectivity index (χ1n) is 9.90. The lowest BCUT2D eigenvalue weighted by molar-refractivity contribution is 0.102. The molecule has 0 spiro atoms. The molecule has 2 aromatic heterocycles. The van der Waals surface area contributed by atoms with Gasteiger partial charge in [-0.2, -0.15) is 0 Å². The number of nitrogens with zero attached hydrogens (tertiary/aromatic N) is 2. The summed E-state index contributed by atoms with van der Waals surface area (Å²) in [7, 11) is -3.48. The summed E-state index contributed by atoms with van der Waals surface area (Å²) in [4.78, 5) is 43.5. The van der Waals surface area contributed by atoms with Crippen LogP contribution in [0.3, 0.4) is 0 Å². The van der Waals surface area contributed by atoms with Gasteiger partial charge in [-0.15, -0.1) is 6.58 Å². The molecule has 2 heterocycles. The van der Waals surface area contributed by atoms with Gasteiger partial charge in [0.15, 0.2) is 0 Å². The van der Waals surface area contributed by atoms with Crippen molar-refractivity contribution < 1.29 is 13.2 Å². The summed E-state index contributed by atoms with van der Waals surface area (Å²) in [5, 5.41) is 2.85. The van der Waals surface area contributed by atoms with Crippen LogP contribution in [0.25, 0.3) is 11.0 Å². The molecule has 0 unspecified atom stereocenters. The Morgan fingerprint density at radius 2 is 1.97 bits per heavy atom. The van der Waals surface area contributed by atoms with Gasteiger partial charge < -0.3 is 5.32 Å². The molecule has 0 radical (unpaired) electrons. The molecule has 0 atom stereocenters. The minimum absolute atomic E-state index is 0.0170. The maximum atomic E-state index is 12.7. The Kier molecular flexibility index (Phi) is 5.76. The van der Waals surface area contributed by atoms with E-state index in [0.717, 1.165) is 12.8 Å². The molecule has 1 aromatic carbocycles. The van der Waals surface area contributed by atoms with E-state index in [1.807, 2.05) is 0 Å². The highest BCUT2D eigenvalue weighted by molar-refractivity contribution is 7.88. The summed E-state index contributed by atoms with van der Waals surface area (Å²) >= 11 is 0. The largest absolute Gasteiger partial charge is 0.330 e. The molecule has 0 saturated heterocycles. The van der Waals surface area contributed by atoms with Gasteiger partial charge in [0.05, 0.1) is 16.7 Å². The standard InChI is InChI=1S/C21H21N5O5S/c1-2-9-23-32(30,31)12-13-3-5-15(6-4-13)24-19(27)14-10-17-18(22-11-14)26(16-7-8-16)21(29)25-20(17)28/h2-6,10-11,16,23H,1,7-9,12H2,(H,24,27)(H,25,28,29). The molecule has 1 amide bonds. The van der Waals surface area contributed by atoms with E-state index in [9.17, 15) is 22.8 Å². The van der Waals surface area contributed by atoms with Crippen LogP contribution in [0.15, 0.2) is 58.8 Å². The fourth-order valence-corrected chi connectivity index (χ4v) is 4.38. The Hall–Kier alpha value is -3.57. The smallest absolute Gasteiger partial charge is 0.322 e. The van der Waals surface area contributed by atoms with Crippen LogP contribution < -0.4 is 21.3 Å². The number of sulfonamides is 1. The van der Waals surface area contributed by atoms with Crippen molar-refractivity contribution in [1.82, 2.24) is 19.3 Å². The fraction of sp³-hybridized carbons (Fsp3) is 0.238. The van der Waals surface area contributed by atoms with Crippen molar-refractivity contribution >= 4 is 32.7 Å². The minimum atomic E-state index is -3.48. The molecule has 1 aliphatic carbocycles. The molecule has 3 N–H and O–H groups in total. The fourth-order valence-electron chi connectivity index (χ4n) is 3.28. The molecule has 11 heteroatoms. The molecule has 4 rings (SSSR count). The third kappa shape index (κ3) is 4.68. The predicted octanol–water partition coefficient (Wildman–Crippen LogP) is 1.28. The van der Waals surface area contributed by atoms with Crippen LogP contribution in [0.4, 0.5) is 5.69 Å². The van der Waals surface area contributed by atoms with E-state index >= 15 is 0 Å². The van der Waals surface area contributed by atoms with E-state index in [-0.39, 0.29) is 34.9 Å². The normalized spacial score (nSPS) is 13.8. The van der Waals surface area contributed by atoms with Crippen LogP contribution in [0, 0.1) is 0 Å². The zero-order chi connectivity index (χ0) is 22.9. The topological polar surface area (TPSA) is 143 Å². The van der Waals surface area contributed by atoms with Crippen molar-refractivity contribution in [2.24, 2.45) is 0 Å². The van der Waals surface area contributed by atoms with Gasteiger partial charge in [-0.3, -0.25) is 19.1 Å². The lowest BCUT2D eigenvalue weighted by Gasteiger charge is -2.10. The van der Waals surface area contributed by atoms with Crippen molar-refractivity contribution in [3.05, 3.63) is 81.1 Å². The van der Waals surface area contributed by atoms with E-state index < -0.39 is 27.2 Å². The van der Waals surface area contributed by atoms with Gasteiger partial charge in [0.25, 0.3) is 11.5 Å². The van der Waals surface area contributed by atoms with Gasteiger partial charge in [0.1, 0.15) is 5.65 Å². The number of fused-ring (bicyclic) bond motifs is 1. The predicted molar refractivity (Wildman–Crippen MR) is 120 cm³/mol. The highest BCUT2D eigenvalue weighted by Gasteiger charge is 2.27. The highest BCUT2D eigenvalue weighted by Crippen LogP contribution is 2.34. The molecule has 3 aromatic rings. The number of H-pyrrole nitrogens is 1. The average molecular weight is 455 g/mol. The lowest BCUT2D eigenvalue weighted by Crippen LogP contribution is -2.30. The van der Waals surface area contributed by atoms with Crippen molar-refractivity contribution in [2.75, 3.05) is 11.9 Å². The summed E-state index contributed by atoms with van der Waals surface area (Å²) in [6, 6.07) is 7.79. The lowest BCUT2D eigenvalue weighted by atomic mass is 10.2. The van der Waals surface area contributed by atoms with E-state index in [1.54, 1.807) is 24.3 Å². The second-order valence-electron chi connectivity index (χ2n) is 7.50. The summed E-state index contributed by atoms with van der Waals surface area (Å²) in [5.41, 5.74) is 0.317. The van der Waals surface area contributed by atoms with E-state index in [0.29, 0.717) is 11.3 Å². The Balaban J connectivity index is 1.52. The van der Waals surface area contributed by atoms with E-state index in [2.05, 4.69) is 26.6 Å². The number of hydrogen-bond donors (Lipinski definition) is 3. The zero-order valence-corrected chi connectivity index (χ0v) is 17.8. The number of aromatic nitrogens is 3. The van der Waals surface area contributed by atoms with Crippen molar-refractivity contribution in [2.45, 2.75) is 24.6 Å². The third-order valence-electron chi connectivity index (χ3n) is 4.97. The third-order valence-corrected chi connectivity index (χ3v) is 6.29. The van der Waals surface area contributed by atoms with Crippen LogP contribution in [0.1, 0.15) is 34.8 Å². The molecular weight excluding hydrogens is 434 g/mol. The molecule has 166 valence electrons. The Morgan fingerprint density at radius 1 is 1.25 bits per heavy atom. The van der Waals surface area contributed by atoms with Gasteiger partial charge in [0.2, 0.25) is 10.0 Å². The molecule has 32 heavy (non-hydrogen) atoms. The number of pyridine rings is 1. The SMILES string of the molecule is C=CCNS(=O)(=O)Cc1ccc(NC(=O)c2cnc3c(c2)c(=O)[nH]c(=O)n3C2CC2)cc1. The summed E-state index contributed by atoms with van der Waals surface area (Å²) in [5.74, 6) is -0.689. The summed E-state index contributed by atoms with van der Waals surface area (Å²) in [6.45, 7) is 3.62. The maximum absolute atomic E-state index is 12.7. The quantitative estimate of drug-likeness (QED) is 0.437. The van der Waals surface area contributed by atoms with E-state index in [4.69, 9.17) is 0 Å². The summed E-state index contributed by atoms with van der Waals surface area (Å²) < 4.78 is 27.7. The average Bonchev–Trinajstić information content (AvgIpc) is 3.58. The maximum Gasteiger partial charge on any atom is 0.330 e. The van der Waals surface area contributed by atoms with Gasteiger partial charge in [-0.1, -0.05) is 18.2 Å². The number of amides is 1. The minimum Gasteiger partial charge on any atom is -0.322 e. The number of hydrogen-bond acceptors (Lipinski definition) is 6. The highest BCUT2D eigenvalue weighted by atomic mass is 32.2. The molecule has 1 fully saturated rings. The first-order valence-corrected chi connectivity index (χ1v) is 11.6. The number of anilines is 1. The van der Waals surface area contributed by atoms with Gasteiger partial charge >= 0.3 is 5.69 Å². The first-order chi connectivity index (χ1) is 15.3. The monoisotopic (exact) mass is 455 g/mol. The molecule has 1 aliphatic rings.